The number of aryl methyl sites for hydroxylation is 1. The van der Waals surface area contributed by atoms with Gasteiger partial charge in [-0.3, -0.25) is 14.4 Å². The number of nitrogens with zero attached hydrogens (tertiary/aromatic N) is 3. The largest absolute Gasteiger partial charge is 0.345 e. The normalized spacial score (nSPS) is 14.9. The summed E-state index contributed by atoms with van der Waals surface area (Å²) in [6.07, 6.45) is 4.71. The highest BCUT2D eigenvalue weighted by atomic mass is 32.1. The average molecular weight is 349 g/mol. The minimum Gasteiger partial charge on any atom is -0.345 e. The first-order valence-electron chi connectivity index (χ1n) is 8.04. The second-order valence-electron chi connectivity index (χ2n) is 5.77. The summed E-state index contributed by atoms with van der Waals surface area (Å²) in [5, 5.41) is 10.2. The van der Waals surface area contributed by atoms with Gasteiger partial charge in [-0.1, -0.05) is 31.1 Å². The van der Waals surface area contributed by atoms with Crippen LogP contribution in [-0.2, 0) is 22.6 Å². The summed E-state index contributed by atoms with van der Waals surface area (Å²) in [5.74, 6) is -1.34. The Kier molecular flexibility index (Phi) is 4.89. The number of aromatic nitrogens is 3. The Labute approximate surface area is 142 Å². The molecule has 0 aromatic carbocycles. The van der Waals surface area contributed by atoms with Crippen molar-refractivity contribution in [1.29, 1.82) is 0 Å². The van der Waals surface area contributed by atoms with Crippen LogP contribution in [0.1, 0.15) is 43.3 Å². The fourth-order valence-corrected chi connectivity index (χ4v) is 3.56. The molecule has 1 aliphatic rings. The standard InChI is InChI=1S/C15H19N5O3S/c1-2-11-19-20-12(21)7-10(18-15(20)24-11)8-16-13(22)14(23)17-9-5-3-4-6-9/h7,9H,2-6,8H2,1H3,(H,16,22)(H,17,23). The van der Waals surface area contributed by atoms with E-state index in [1.807, 2.05) is 6.92 Å². The van der Waals surface area contributed by atoms with E-state index in [0.717, 1.165) is 37.1 Å². The fraction of sp³-hybridized carbons (Fsp3) is 0.533. The van der Waals surface area contributed by atoms with Crippen LogP contribution in [0, 0.1) is 0 Å². The molecule has 8 nitrogen and oxygen atoms in total. The Hall–Kier alpha value is -2.29. The van der Waals surface area contributed by atoms with Crippen molar-refractivity contribution in [3.63, 3.8) is 0 Å². The first-order valence-corrected chi connectivity index (χ1v) is 8.86. The van der Waals surface area contributed by atoms with Crippen molar-refractivity contribution in [2.24, 2.45) is 0 Å². The van der Waals surface area contributed by atoms with Crippen molar-refractivity contribution >= 4 is 28.1 Å². The fourth-order valence-electron chi connectivity index (χ4n) is 2.70. The Morgan fingerprint density at radius 1 is 1.33 bits per heavy atom. The molecule has 128 valence electrons. The highest BCUT2D eigenvalue weighted by Crippen LogP contribution is 2.17. The predicted octanol–water partition coefficient (Wildman–Crippen LogP) is 0.388. The van der Waals surface area contributed by atoms with Crippen molar-refractivity contribution in [3.8, 4) is 0 Å². The number of fused-ring (bicyclic) bond motifs is 1. The highest BCUT2D eigenvalue weighted by molar-refractivity contribution is 7.16. The third-order valence-electron chi connectivity index (χ3n) is 3.97. The van der Waals surface area contributed by atoms with Crippen molar-refractivity contribution in [1.82, 2.24) is 25.2 Å². The molecule has 1 aliphatic carbocycles. The summed E-state index contributed by atoms with van der Waals surface area (Å²) >= 11 is 1.34. The molecule has 2 aromatic heterocycles. The van der Waals surface area contributed by atoms with Gasteiger partial charge >= 0.3 is 11.8 Å². The topological polar surface area (TPSA) is 105 Å². The van der Waals surface area contributed by atoms with Gasteiger partial charge in [-0.05, 0) is 19.3 Å². The second-order valence-corrected chi connectivity index (χ2v) is 6.81. The lowest BCUT2D eigenvalue weighted by Crippen LogP contribution is -2.43. The third kappa shape index (κ3) is 3.61. The van der Waals surface area contributed by atoms with Crippen LogP contribution in [0.25, 0.3) is 4.96 Å². The molecule has 2 N–H and O–H groups in total. The number of carbonyl (C=O) groups excluding carboxylic acids is 2. The van der Waals surface area contributed by atoms with E-state index in [1.165, 1.54) is 21.9 Å². The van der Waals surface area contributed by atoms with Gasteiger partial charge in [0.25, 0.3) is 5.56 Å². The van der Waals surface area contributed by atoms with Gasteiger partial charge in [0, 0.05) is 12.1 Å². The molecule has 0 atom stereocenters. The predicted molar refractivity (Wildman–Crippen MR) is 88.8 cm³/mol. The average Bonchev–Trinajstić information content (AvgIpc) is 3.21. The lowest BCUT2D eigenvalue weighted by atomic mass is 10.2. The van der Waals surface area contributed by atoms with Gasteiger partial charge < -0.3 is 10.6 Å². The van der Waals surface area contributed by atoms with Crippen molar-refractivity contribution in [2.45, 2.75) is 51.6 Å². The number of nitrogens with one attached hydrogen (secondary N) is 2. The molecule has 0 bridgehead atoms. The minimum absolute atomic E-state index is 0.0298. The van der Waals surface area contributed by atoms with Crippen LogP contribution in [0.15, 0.2) is 10.9 Å². The van der Waals surface area contributed by atoms with Crippen molar-refractivity contribution < 1.29 is 9.59 Å². The lowest BCUT2D eigenvalue weighted by Gasteiger charge is -2.11. The Balaban J connectivity index is 1.63. The zero-order valence-electron chi connectivity index (χ0n) is 13.4. The minimum atomic E-state index is -0.706. The molecule has 9 heteroatoms. The van der Waals surface area contributed by atoms with Crippen LogP contribution >= 0.6 is 11.3 Å². The lowest BCUT2D eigenvalue weighted by molar-refractivity contribution is -0.139. The summed E-state index contributed by atoms with van der Waals surface area (Å²) in [4.78, 5) is 40.5. The Morgan fingerprint density at radius 2 is 2.08 bits per heavy atom. The van der Waals surface area contributed by atoms with Gasteiger partial charge in [0.1, 0.15) is 5.01 Å². The molecule has 0 unspecified atom stereocenters. The molecule has 0 radical (unpaired) electrons. The maximum absolute atomic E-state index is 12.0. The Morgan fingerprint density at radius 3 is 2.79 bits per heavy atom. The van der Waals surface area contributed by atoms with E-state index < -0.39 is 11.8 Å². The van der Waals surface area contributed by atoms with Crippen molar-refractivity contribution in [2.75, 3.05) is 0 Å². The molecule has 24 heavy (non-hydrogen) atoms. The van der Waals surface area contributed by atoms with E-state index >= 15 is 0 Å². The summed E-state index contributed by atoms with van der Waals surface area (Å²) in [6.45, 7) is 1.98. The molecule has 0 saturated heterocycles. The van der Waals surface area contributed by atoms with Crippen LogP contribution in [-0.4, -0.2) is 32.5 Å². The SMILES string of the molecule is CCc1nn2c(=O)cc(CNC(=O)C(=O)NC3CCCC3)nc2s1. The smallest absolute Gasteiger partial charge is 0.309 e. The van der Waals surface area contributed by atoms with E-state index in [9.17, 15) is 14.4 Å². The molecule has 2 heterocycles. The molecular weight excluding hydrogens is 330 g/mol. The van der Waals surface area contributed by atoms with Gasteiger partial charge in [-0.25, -0.2) is 4.98 Å². The number of rotatable bonds is 4. The van der Waals surface area contributed by atoms with E-state index in [1.54, 1.807) is 0 Å². The number of amides is 2. The summed E-state index contributed by atoms with van der Waals surface area (Å²) in [7, 11) is 0. The number of carbonyl (C=O) groups is 2. The maximum Gasteiger partial charge on any atom is 0.309 e. The summed E-state index contributed by atoms with van der Waals surface area (Å²) < 4.78 is 1.25. The van der Waals surface area contributed by atoms with Gasteiger partial charge in [0.2, 0.25) is 4.96 Å². The van der Waals surface area contributed by atoms with E-state index in [-0.39, 0.29) is 18.1 Å². The molecule has 1 saturated carbocycles. The molecule has 0 aliphatic heterocycles. The maximum atomic E-state index is 12.0. The first-order chi connectivity index (χ1) is 11.6. The van der Waals surface area contributed by atoms with E-state index in [4.69, 9.17) is 0 Å². The summed E-state index contributed by atoms with van der Waals surface area (Å²) in [5.41, 5.74) is 0.115. The molecule has 2 aromatic rings. The van der Waals surface area contributed by atoms with Crippen LogP contribution < -0.4 is 16.2 Å². The monoisotopic (exact) mass is 349 g/mol. The van der Waals surface area contributed by atoms with Crippen molar-refractivity contribution in [3.05, 3.63) is 27.1 Å². The molecule has 3 rings (SSSR count). The molecule has 1 fully saturated rings. The molecule has 2 amide bonds. The molecular formula is C15H19N5O3S. The third-order valence-corrected chi connectivity index (χ3v) is 5.02. The first kappa shape index (κ1) is 16.6. The second kappa shape index (κ2) is 7.08. The van der Waals surface area contributed by atoms with Crippen LogP contribution in [0.3, 0.4) is 0 Å². The van der Waals surface area contributed by atoms with Gasteiger partial charge in [-0.15, -0.1) is 0 Å². The van der Waals surface area contributed by atoms with Crippen LogP contribution in [0.5, 0.6) is 0 Å². The zero-order valence-corrected chi connectivity index (χ0v) is 14.2. The Bertz CT molecular complexity index is 822. The van der Waals surface area contributed by atoms with Gasteiger partial charge in [-0.2, -0.15) is 9.61 Å². The van der Waals surface area contributed by atoms with Crippen LogP contribution in [0.4, 0.5) is 0 Å². The van der Waals surface area contributed by atoms with Gasteiger partial charge in [0.05, 0.1) is 12.2 Å². The molecule has 0 spiro atoms. The zero-order chi connectivity index (χ0) is 17.1. The van der Waals surface area contributed by atoms with E-state index in [0.29, 0.717) is 10.7 Å². The quantitative estimate of drug-likeness (QED) is 0.777. The van der Waals surface area contributed by atoms with Gasteiger partial charge in [0.15, 0.2) is 0 Å². The number of hydrogen-bond donors (Lipinski definition) is 2. The highest BCUT2D eigenvalue weighted by Gasteiger charge is 2.21. The summed E-state index contributed by atoms with van der Waals surface area (Å²) in [6, 6.07) is 1.41. The van der Waals surface area contributed by atoms with Crippen LogP contribution in [0.2, 0.25) is 0 Å². The van der Waals surface area contributed by atoms with E-state index in [2.05, 4.69) is 20.7 Å². The number of hydrogen-bond acceptors (Lipinski definition) is 6.